The lowest BCUT2D eigenvalue weighted by Gasteiger charge is -2.24. The number of aromatic amines is 1. The number of fused-ring (bicyclic) bond motifs is 1. The van der Waals surface area contributed by atoms with Crippen molar-refractivity contribution in [2.75, 3.05) is 6.16 Å². The van der Waals surface area contributed by atoms with Crippen molar-refractivity contribution < 1.29 is 19.4 Å². The van der Waals surface area contributed by atoms with Gasteiger partial charge in [0, 0.05) is 23.3 Å². The van der Waals surface area contributed by atoms with E-state index in [1.807, 2.05) is 31.2 Å². The van der Waals surface area contributed by atoms with Crippen LogP contribution >= 0.6 is 7.37 Å². The molecule has 1 heterocycles. The van der Waals surface area contributed by atoms with E-state index in [2.05, 4.69) is 4.98 Å². The van der Waals surface area contributed by atoms with Gasteiger partial charge in [0.25, 0.3) is 0 Å². The van der Waals surface area contributed by atoms with Gasteiger partial charge in [0.1, 0.15) is 0 Å². The van der Waals surface area contributed by atoms with Crippen LogP contribution in [0.4, 0.5) is 0 Å². The van der Waals surface area contributed by atoms with E-state index >= 15 is 0 Å². The van der Waals surface area contributed by atoms with Crippen LogP contribution in [0.1, 0.15) is 36.0 Å². The molecule has 26 heavy (non-hydrogen) atoms. The fraction of sp³-hybridized carbons (Fsp3) is 0.250. The molecule has 0 radical (unpaired) electrons. The molecule has 2 aromatic carbocycles. The number of hydrogen-bond donors (Lipinski definition) is 3. The Morgan fingerprint density at radius 2 is 1.77 bits per heavy atom. The molecule has 0 fully saturated rings. The summed E-state index contributed by atoms with van der Waals surface area (Å²) in [4.78, 5) is 25.7. The Morgan fingerprint density at radius 3 is 2.42 bits per heavy atom. The summed E-state index contributed by atoms with van der Waals surface area (Å²) in [6, 6.07) is 16.3. The summed E-state index contributed by atoms with van der Waals surface area (Å²) in [5.74, 6) is -2.09. The number of hydrogen-bond acceptors (Lipinski definition) is 2. The van der Waals surface area contributed by atoms with Gasteiger partial charge in [0.15, 0.2) is 0 Å². The summed E-state index contributed by atoms with van der Waals surface area (Å²) in [6.07, 6.45) is 1.93. The van der Waals surface area contributed by atoms with Crippen LogP contribution in [0, 0.1) is 0 Å². The van der Waals surface area contributed by atoms with Crippen LogP contribution in [-0.4, -0.2) is 27.1 Å². The second-order valence-corrected chi connectivity index (χ2v) is 8.95. The summed E-state index contributed by atoms with van der Waals surface area (Å²) in [6.45, 7) is 1.85. The van der Waals surface area contributed by atoms with E-state index in [9.17, 15) is 19.4 Å². The number of aromatic nitrogens is 1. The lowest BCUT2D eigenvalue weighted by atomic mass is 10.0. The Labute approximate surface area is 152 Å². The minimum atomic E-state index is -3.77. The highest BCUT2D eigenvalue weighted by Gasteiger charge is 2.37. The summed E-state index contributed by atoms with van der Waals surface area (Å²) in [5.41, 5.74) is 1.61. The molecular formula is C20H22NO4P. The van der Waals surface area contributed by atoms with Gasteiger partial charge in [-0.05, 0) is 23.6 Å². The zero-order valence-corrected chi connectivity index (χ0v) is 15.4. The maximum atomic E-state index is 13.3. The van der Waals surface area contributed by atoms with E-state index < -0.39 is 24.9 Å². The van der Waals surface area contributed by atoms with Crippen LogP contribution in [0.3, 0.4) is 0 Å². The zero-order chi connectivity index (χ0) is 18.7. The van der Waals surface area contributed by atoms with Crippen molar-refractivity contribution in [1.29, 1.82) is 0 Å². The van der Waals surface area contributed by atoms with Gasteiger partial charge in [-0.3, -0.25) is 9.36 Å². The number of carboxylic acid groups (broad SMARTS) is 1. The highest BCUT2D eigenvalue weighted by molar-refractivity contribution is 7.58. The number of benzene rings is 2. The Balaban J connectivity index is 1.96. The highest BCUT2D eigenvalue weighted by atomic mass is 31.2. The lowest BCUT2D eigenvalue weighted by molar-refractivity contribution is -0.138. The van der Waals surface area contributed by atoms with Crippen molar-refractivity contribution in [1.82, 2.24) is 4.98 Å². The average molecular weight is 371 g/mol. The summed E-state index contributed by atoms with van der Waals surface area (Å²) >= 11 is 0. The van der Waals surface area contributed by atoms with Crippen LogP contribution in [0.25, 0.3) is 10.9 Å². The first-order valence-corrected chi connectivity index (χ1v) is 10.5. The van der Waals surface area contributed by atoms with Crippen molar-refractivity contribution >= 4 is 24.2 Å². The van der Waals surface area contributed by atoms with Gasteiger partial charge in [-0.2, -0.15) is 0 Å². The van der Waals surface area contributed by atoms with Crippen LogP contribution in [-0.2, 0) is 9.36 Å². The molecule has 0 amide bonds. The van der Waals surface area contributed by atoms with E-state index in [-0.39, 0.29) is 6.16 Å². The van der Waals surface area contributed by atoms with Gasteiger partial charge in [-0.15, -0.1) is 0 Å². The molecule has 0 aliphatic carbocycles. The molecule has 5 nitrogen and oxygen atoms in total. The Bertz CT molecular complexity index is 951. The number of carbonyl (C=O) groups is 1. The third-order valence-electron chi connectivity index (χ3n) is 4.80. The van der Waals surface area contributed by atoms with Crippen LogP contribution in [0.5, 0.6) is 0 Å². The van der Waals surface area contributed by atoms with Gasteiger partial charge in [0.05, 0.1) is 11.6 Å². The van der Waals surface area contributed by atoms with Crippen LogP contribution in [0.2, 0.25) is 0 Å². The van der Waals surface area contributed by atoms with E-state index in [4.69, 9.17) is 0 Å². The molecule has 0 aliphatic heterocycles. The van der Waals surface area contributed by atoms with E-state index in [1.54, 1.807) is 36.5 Å². The Kier molecular flexibility index (Phi) is 5.30. The van der Waals surface area contributed by atoms with Crippen molar-refractivity contribution in [2.24, 2.45) is 0 Å². The van der Waals surface area contributed by atoms with E-state index in [0.29, 0.717) is 12.0 Å². The summed E-state index contributed by atoms with van der Waals surface area (Å²) in [7, 11) is -3.77. The molecule has 3 aromatic rings. The lowest BCUT2D eigenvalue weighted by Crippen LogP contribution is -2.18. The minimum Gasteiger partial charge on any atom is -0.481 e. The number of H-pyrrole nitrogens is 1. The molecule has 1 aromatic heterocycles. The first-order chi connectivity index (χ1) is 12.4. The quantitative estimate of drug-likeness (QED) is 0.522. The van der Waals surface area contributed by atoms with Crippen LogP contribution in [0.15, 0.2) is 60.8 Å². The second-order valence-electron chi connectivity index (χ2n) is 6.45. The van der Waals surface area contributed by atoms with Gasteiger partial charge < -0.3 is 15.0 Å². The average Bonchev–Trinajstić information content (AvgIpc) is 3.05. The van der Waals surface area contributed by atoms with Gasteiger partial charge in [0.2, 0.25) is 7.37 Å². The SMILES string of the molecule is CCC(c1c[nH]c2ccccc12)P(=O)(O)CC(C(=O)O)c1ccccc1. The summed E-state index contributed by atoms with van der Waals surface area (Å²) < 4.78 is 13.3. The number of rotatable bonds is 7. The molecular weight excluding hydrogens is 349 g/mol. The number of nitrogens with one attached hydrogen (secondary N) is 1. The molecule has 3 atom stereocenters. The summed E-state index contributed by atoms with van der Waals surface area (Å²) in [5, 5.41) is 10.5. The molecule has 3 rings (SSSR count). The smallest absolute Gasteiger partial charge is 0.311 e. The maximum absolute atomic E-state index is 13.3. The minimum absolute atomic E-state index is 0.287. The molecule has 0 aliphatic rings. The maximum Gasteiger partial charge on any atom is 0.311 e. The number of para-hydroxylation sites is 1. The zero-order valence-electron chi connectivity index (χ0n) is 14.5. The molecule has 3 unspecified atom stereocenters. The third-order valence-corrected chi connectivity index (χ3v) is 7.30. The molecule has 3 N–H and O–H groups in total. The van der Waals surface area contributed by atoms with Crippen molar-refractivity contribution in [2.45, 2.75) is 24.9 Å². The van der Waals surface area contributed by atoms with Crippen molar-refractivity contribution in [3.63, 3.8) is 0 Å². The standard InChI is InChI=1S/C20H22NO4P/c1-2-19(16-12-21-18-11-7-6-10-15(16)18)26(24,25)13-17(20(22)23)14-8-4-3-5-9-14/h3-12,17,19,21H,2,13H2,1H3,(H,22,23)(H,24,25). The van der Waals surface area contributed by atoms with Gasteiger partial charge in [-0.1, -0.05) is 55.5 Å². The van der Waals surface area contributed by atoms with Crippen molar-refractivity contribution in [3.05, 3.63) is 71.9 Å². The van der Waals surface area contributed by atoms with Gasteiger partial charge >= 0.3 is 5.97 Å². The Morgan fingerprint density at radius 1 is 1.12 bits per heavy atom. The van der Waals surface area contributed by atoms with Gasteiger partial charge in [-0.25, -0.2) is 0 Å². The molecule has 136 valence electrons. The fourth-order valence-corrected chi connectivity index (χ4v) is 5.86. The predicted molar refractivity (Wildman–Crippen MR) is 103 cm³/mol. The number of carboxylic acids is 1. The normalized spacial score (nSPS) is 16.1. The molecule has 0 saturated heterocycles. The Hall–Kier alpha value is -2.36. The molecule has 0 saturated carbocycles. The monoisotopic (exact) mass is 371 g/mol. The van der Waals surface area contributed by atoms with Crippen LogP contribution < -0.4 is 0 Å². The largest absolute Gasteiger partial charge is 0.481 e. The first kappa shape index (κ1) is 18.4. The molecule has 0 spiro atoms. The highest BCUT2D eigenvalue weighted by Crippen LogP contribution is 2.60. The van der Waals surface area contributed by atoms with E-state index in [0.717, 1.165) is 16.5 Å². The fourth-order valence-electron chi connectivity index (χ4n) is 3.49. The number of aliphatic carboxylic acids is 1. The first-order valence-electron chi connectivity index (χ1n) is 8.59. The van der Waals surface area contributed by atoms with E-state index in [1.165, 1.54) is 0 Å². The molecule has 6 heteroatoms. The molecule has 0 bridgehead atoms. The van der Waals surface area contributed by atoms with Crippen molar-refractivity contribution in [3.8, 4) is 0 Å². The predicted octanol–water partition coefficient (Wildman–Crippen LogP) is 4.76. The topological polar surface area (TPSA) is 90.4 Å². The second kappa shape index (κ2) is 7.48. The third kappa shape index (κ3) is 3.59.